The Kier molecular flexibility index (Phi) is 8.59. The molecule has 8 nitrogen and oxygen atoms in total. The third-order valence-corrected chi connectivity index (χ3v) is 9.68. The molecule has 5 rings (SSSR count). The first-order valence-corrected chi connectivity index (χ1v) is 14.1. The quantitative estimate of drug-likeness (QED) is 0.367. The van der Waals surface area contributed by atoms with Crippen LogP contribution in [0, 0.1) is 23.2 Å². The molecular formula is C25H41F6N7O. The van der Waals surface area contributed by atoms with Crippen LogP contribution >= 0.6 is 0 Å². The van der Waals surface area contributed by atoms with Gasteiger partial charge < -0.3 is 14.5 Å². The first-order chi connectivity index (χ1) is 18.4. The van der Waals surface area contributed by atoms with Crippen LogP contribution in [0.5, 0.6) is 0 Å². The molecule has 5 aliphatic rings. The molecule has 0 bridgehead atoms. The first kappa shape index (κ1) is 29.2. The second-order valence-corrected chi connectivity index (χ2v) is 12.1. The molecule has 8 unspecified atom stereocenters. The number of ether oxygens (including phenoxy) is 1. The lowest BCUT2D eigenvalue weighted by Gasteiger charge is -2.45. The van der Waals surface area contributed by atoms with Crippen molar-refractivity contribution in [1.82, 2.24) is 30.7 Å². The normalized spacial score (nSPS) is 42.4. The highest BCUT2D eigenvalue weighted by Crippen LogP contribution is 2.38. The molecule has 2 aliphatic carbocycles. The smallest absolute Gasteiger partial charge is 0.338 e. The molecule has 3 aliphatic heterocycles. The molecule has 0 radical (unpaired) electrons. The molecule has 0 aromatic carbocycles. The zero-order valence-electron chi connectivity index (χ0n) is 22.4. The largest absolute Gasteiger partial charge is 0.405 e. The Balaban J connectivity index is 1.19. The number of nitrogens with one attached hydrogen (secondary N) is 4. The molecule has 39 heavy (non-hydrogen) atoms. The predicted molar refractivity (Wildman–Crippen MR) is 133 cm³/mol. The van der Waals surface area contributed by atoms with Crippen LogP contribution in [0.3, 0.4) is 0 Å². The zero-order valence-corrected chi connectivity index (χ0v) is 22.4. The molecule has 0 aromatic heterocycles. The van der Waals surface area contributed by atoms with Crippen molar-refractivity contribution in [2.45, 2.75) is 101 Å². The van der Waals surface area contributed by atoms with Crippen LogP contribution in [0.2, 0.25) is 0 Å². The van der Waals surface area contributed by atoms with Gasteiger partial charge in [0.25, 0.3) is 0 Å². The molecule has 0 amide bonds. The molecule has 14 heteroatoms. The molecule has 3 heterocycles. The second kappa shape index (κ2) is 11.5. The summed E-state index contributed by atoms with van der Waals surface area (Å²) in [6.07, 6.45) is -3.09. The third kappa shape index (κ3) is 6.14. The van der Waals surface area contributed by atoms with Crippen LogP contribution in [-0.2, 0) is 4.74 Å². The Hall–Kier alpha value is -1.35. The van der Waals surface area contributed by atoms with Gasteiger partial charge in [-0.1, -0.05) is 0 Å². The summed E-state index contributed by atoms with van der Waals surface area (Å²) in [5, 5.41) is 18.4. The Labute approximate surface area is 225 Å². The molecule has 8 atom stereocenters. The number of likely N-dealkylation sites (N-methyl/N-ethyl adjacent to an activating group) is 2. The highest BCUT2D eigenvalue weighted by molar-refractivity contribution is 5.80. The highest BCUT2D eigenvalue weighted by Gasteiger charge is 2.50. The standard InChI is InChI=1S/C25H41F6N7O/c1-36-12-19(25(29,30)31)34-21(36)14-5-3-13(4-6-14)11-38-22-17(37(2)24(38)32)10-33-20(35-22)16-9-15(26)7-8-18(16)39-23(27)28/h13-23,32-35H,3-12H2,1-2H3. The summed E-state index contributed by atoms with van der Waals surface area (Å²) in [6.45, 7) is -1.80. The van der Waals surface area contributed by atoms with Crippen molar-refractivity contribution in [1.29, 1.82) is 5.41 Å². The van der Waals surface area contributed by atoms with Crippen molar-refractivity contribution in [3.8, 4) is 0 Å². The van der Waals surface area contributed by atoms with E-state index in [0.717, 1.165) is 25.7 Å². The topological polar surface area (TPSA) is 78.9 Å². The summed E-state index contributed by atoms with van der Waals surface area (Å²) >= 11 is 0. The van der Waals surface area contributed by atoms with E-state index in [-0.39, 0.29) is 56.0 Å². The summed E-state index contributed by atoms with van der Waals surface area (Å²) in [7, 11) is 3.60. The van der Waals surface area contributed by atoms with Crippen molar-refractivity contribution < 1.29 is 31.1 Å². The summed E-state index contributed by atoms with van der Waals surface area (Å²) in [5.41, 5.74) is 0. The van der Waals surface area contributed by atoms with Gasteiger partial charge in [0, 0.05) is 32.6 Å². The van der Waals surface area contributed by atoms with Crippen molar-refractivity contribution in [2.75, 3.05) is 33.7 Å². The third-order valence-electron chi connectivity index (χ3n) is 9.68. The monoisotopic (exact) mass is 569 g/mol. The number of alkyl halides is 6. The van der Waals surface area contributed by atoms with E-state index in [2.05, 4.69) is 16.0 Å². The lowest BCUT2D eigenvalue weighted by molar-refractivity contribution is -0.192. The predicted octanol–water partition coefficient (Wildman–Crippen LogP) is 2.73. The van der Waals surface area contributed by atoms with Crippen LogP contribution in [0.4, 0.5) is 26.3 Å². The van der Waals surface area contributed by atoms with Gasteiger partial charge in [0.05, 0.1) is 24.5 Å². The minimum absolute atomic E-state index is 0.0390. The van der Waals surface area contributed by atoms with E-state index in [1.54, 1.807) is 11.9 Å². The van der Waals surface area contributed by atoms with E-state index in [4.69, 9.17) is 10.1 Å². The Morgan fingerprint density at radius 2 is 1.74 bits per heavy atom. The zero-order chi connectivity index (χ0) is 28.1. The Morgan fingerprint density at radius 3 is 2.38 bits per heavy atom. The summed E-state index contributed by atoms with van der Waals surface area (Å²) in [5.74, 6) is 0.339. The molecule has 4 N–H and O–H groups in total. The number of hydrogen-bond donors (Lipinski definition) is 4. The van der Waals surface area contributed by atoms with Gasteiger partial charge >= 0.3 is 12.8 Å². The van der Waals surface area contributed by atoms with Crippen molar-refractivity contribution in [3.05, 3.63) is 0 Å². The fraction of sp³-hybridized carbons (Fsp3) is 0.960. The maximum Gasteiger partial charge on any atom is 0.405 e. The molecular weight excluding hydrogens is 528 g/mol. The minimum Gasteiger partial charge on any atom is -0.338 e. The lowest BCUT2D eigenvalue weighted by atomic mass is 9.80. The van der Waals surface area contributed by atoms with Gasteiger partial charge in [0.1, 0.15) is 18.4 Å². The van der Waals surface area contributed by atoms with Gasteiger partial charge in [-0.05, 0) is 63.8 Å². The van der Waals surface area contributed by atoms with Gasteiger partial charge in [-0.25, -0.2) is 4.39 Å². The summed E-state index contributed by atoms with van der Waals surface area (Å²) in [6, 6.07) is -1.54. The number of rotatable bonds is 6. The number of fused-ring (bicyclic) bond motifs is 1. The molecule has 0 spiro atoms. The summed E-state index contributed by atoms with van der Waals surface area (Å²) < 4.78 is 85.0. The van der Waals surface area contributed by atoms with Crippen LogP contribution in [0.25, 0.3) is 0 Å². The van der Waals surface area contributed by atoms with Gasteiger partial charge in [-0.3, -0.25) is 26.3 Å². The van der Waals surface area contributed by atoms with E-state index < -0.39 is 43.2 Å². The maximum absolute atomic E-state index is 14.3. The molecule has 2 saturated carbocycles. The first-order valence-electron chi connectivity index (χ1n) is 14.1. The van der Waals surface area contributed by atoms with Crippen molar-refractivity contribution >= 4 is 5.96 Å². The summed E-state index contributed by atoms with van der Waals surface area (Å²) in [4.78, 5) is 5.69. The molecule has 0 aromatic rings. The molecule has 5 fully saturated rings. The Morgan fingerprint density at radius 1 is 1.03 bits per heavy atom. The number of guanidine groups is 1. The van der Waals surface area contributed by atoms with Gasteiger partial charge in [0.2, 0.25) is 0 Å². The van der Waals surface area contributed by atoms with Crippen LogP contribution in [0.15, 0.2) is 0 Å². The van der Waals surface area contributed by atoms with Crippen LogP contribution < -0.4 is 16.0 Å². The van der Waals surface area contributed by atoms with Gasteiger partial charge in [-0.15, -0.1) is 0 Å². The fourth-order valence-electron chi connectivity index (χ4n) is 7.55. The van der Waals surface area contributed by atoms with Gasteiger partial charge in [0.15, 0.2) is 5.96 Å². The number of halogens is 6. The molecule has 224 valence electrons. The average molecular weight is 570 g/mol. The van der Waals surface area contributed by atoms with E-state index >= 15 is 0 Å². The number of hydrogen-bond acceptors (Lipinski definition) is 6. The minimum atomic E-state index is -4.26. The highest BCUT2D eigenvalue weighted by atomic mass is 19.4. The average Bonchev–Trinajstić information content (AvgIpc) is 3.39. The van der Waals surface area contributed by atoms with E-state index in [9.17, 15) is 26.3 Å². The fourth-order valence-corrected chi connectivity index (χ4v) is 7.55. The number of nitrogens with zero attached hydrogens (tertiary/aromatic N) is 3. The van der Waals surface area contributed by atoms with Gasteiger partial charge in [-0.2, -0.15) is 22.0 Å². The second-order valence-electron chi connectivity index (χ2n) is 12.1. The van der Waals surface area contributed by atoms with Crippen molar-refractivity contribution in [2.24, 2.45) is 17.8 Å². The molecule has 3 saturated heterocycles. The van der Waals surface area contributed by atoms with E-state index in [0.29, 0.717) is 19.0 Å². The van der Waals surface area contributed by atoms with Crippen LogP contribution in [-0.4, -0.2) is 110 Å². The van der Waals surface area contributed by atoms with E-state index in [1.807, 2.05) is 16.8 Å². The van der Waals surface area contributed by atoms with Crippen molar-refractivity contribution in [3.63, 3.8) is 0 Å². The van der Waals surface area contributed by atoms with Crippen LogP contribution in [0.1, 0.15) is 44.9 Å². The lowest BCUT2D eigenvalue weighted by Crippen LogP contribution is -2.68. The Bertz CT molecular complexity index is 859. The maximum atomic E-state index is 14.3. The van der Waals surface area contributed by atoms with E-state index in [1.165, 1.54) is 0 Å². The SMILES string of the molecule is CN1CC(C(F)(F)F)NC1C1CCC(CN2C(=N)N(C)C3CNC(C4CC(F)CCC4OC(F)F)NC32)CC1.